The minimum atomic E-state index is -0.724. The number of halogens is 2. The van der Waals surface area contributed by atoms with Crippen LogP contribution >= 0.6 is 23.2 Å². The maximum absolute atomic E-state index is 12.1. The first kappa shape index (κ1) is 18.2. The Morgan fingerprint density at radius 2 is 2.00 bits per heavy atom. The molecule has 7 nitrogen and oxygen atoms in total. The van der Waals surface area contributed by atoms with Crippen molar-refractivity contribution in [1.29, 1.82) is 0 Å². The van der Waals surface area contributed by atoms with Crippen molar-refractivity contribution >= 4 is 40.8 Å². The quantitative estimate of drug-likeness (QED) is 0.776. The molecule has 0 aromatic heterocycles. The first-order valence-electron chi connectivity index (χ1n) is 7.37. The van der Waals surface area contributed by atoms with Crippen LogP contribution in [0.25, 0.3) is 0 Å². The van der Waals surface area contributed by atoms with Crippen molar-refractivity contribution in [2.75, 3.05) is 25.8 Å². The lowest BCUT2D eigenvalue weighted by Crippen LogP contribution is -2.21. The van der Waals surface area contributed by atoms with E-state index in [0.29, 0.717) is 28.0 Å². The molecular formula is C17H13Cl2NO6. The van der Waals surface area contributed by atoms with Gasteiger partial charge in [0.05, 0.1) is 23.4 Å². The molecule has 0 saturated heterocycles. The van der Waals surface area contributed by atoms with E-state index < -0.39 is 18.5 Å². The average Bonchev–Trinajstić information content (AvgIpc) is 3.09. The summed E-state index contributed by atoms with van der Waals surface area (Å²) in [4.78, 5) is 24.2. The van der Waals surface area contributed by atoms with Crippen LogP contribution < -0.4 is 19.5 Å². The number of nitrogens with one attached hydrogen (secondary N) is 1. The highest BCUT2D eigenvalue weighted by Crippen LogP contribution is 2.39. The van der Waals surface area contributed by atoms with E-state index in [1.165, 1.54) is 25.3 Å². The lowest BCUT2D eigenvalue weighted by Gasteiger charge is -2.11. The summed E-state index contributed by atoms with van der Waals surface area (Å²) in [6.45, 7) is -0.474. The third kappa shape index (κ3) is 3.95. The van der Waals surface area contributed by atoms with Gasteiger partial charge in [-0.3, -0.25) is 4.79 Å². The molecule has 3 rings (SSSR count). The first-order valence-corrected chi connectivity index (χ1v) is 8.13. The van der Waals surface area contributed by atoms with Gasteiger partial charge in [0.1, 0.15) is 5.75 Å². The molecule has 9 heteroatoms. The summed E-state index contributed by atoms with van der Waals surface area (Å²) in [6.07, 6.45) is 0. The molecule has 0 saturated carbocycles. The van der Waals surface area contributed by atoms with Crippen LogP contribution in [0.4, 0.5) is 5.69 Å². The molecule has 1 aliphatic rings. The van der Waals surface area contributed by atoms with Crippen molar-refractivity contribution < 1.29 is 28.5 Å². The Balaban J connectivity index is 1.62. The van der Waals surface area contributed by atoms with Gasteiger partial charge in [0.2, 0.25) is 6.79 Å². The van der Waals surface area contributed by atoms with E-state index in [4.69, 9.17) is 42.1 Å². The molecule has 1 aliphatic heterocycles. The van der Waals surface area contributed by atoms with Crippen molar-refractivity contribution in [2.24, 2.45) is 0 Å². The molecule has 0 atom stereocenters. The summed E-state index contributed by atoms with van der Waals surface area (Å²) >= 11 is 11.9. The number of carbonyl (C=O) groups excluding carboxylic acids is 2. The maximum Gasteiger partial charge on any atom is 0.338 e. The third-order valence-corrected chi connectivity index (χ3v) is 3.95. The molecule has 0 fully saturated rings. The van der Waals surface area contributed by atoms with Gasteiger partial charge < -0.3 is 24.3 Å². The van der Waals surface area contributed by atoms with E-state index in [-0.39, 0.29) is 17.4 Å². The van der Waals surface area contributed by atoms with Gasteiger partial charge in [0.15, 0.2) is 18.1 Å². The van der Waals surface area contributed by atoms with Crippen LogP contribution in [0, 0.1) is 0 Å². The first-order chi connectivity index (χ1) is 12.5. The number of methoxy groups -OCH3 is 1. The molecule has 2 aromatic carbocycles. The van der Waals surface area contributed by atoms with E-state index in [1.54, 1.807) is 12.1 Å². The molecule has 1 heterocycles. The lowest BCUT2D eigenvalue weighted by molar-refractivity contribution is -0.119. The molecule has 0 aliphatic carbocycles. The topological polar surface area (TPSA) is 83.1 Å². The number of fused-ring (bicyclic) bond motifs is 1. The highest BCUT2D eigenvalue weighted by atomic mass is 35.5. The van der Waals surface area contributed by atoms with Crippen molar-refractivity contribution in [3.8, 4) is 17.2 Å². The fourth-order valence-corrected chi connectivity index (χ4v) is 2.70. The van der Waals surface area contributed by atoms with Crippen LogP contribution in [0.1, 0.15) is 10.4 Å². The Hall–Kier alpha value is -2.64. The van der Waals surface area contributed by atoms with Crippen LogP contribution in [0.5, 0.6) is 17.2 Å². The number of ether oxygens (including phenoxy) is 4. The van der Waals surface area contributed by atoms with Crippen LogP contribution in [-0.4, -0.2) is 32.4 Å². The maximum atomic E-state index is 12.1. The Labute approximate surface area is 158 Å². The zero-order valence-corrected chi connectivity index (χ0v) is 15.0. The van der Waals surface area contributed by atoms with E-state index in [0.717, 1.165) is 0 Å². The Kier molecular flexibility index (Phi) is 5.39. The second-order valence-corrected chi connectivity index (χ2v) is 6.00. The number of hydrogen-bond acceptors (Lipinski definition) is 6. The standard InChI is InChI=1S/C17H13Cl2NO6/c1-23-13-3-2-10(18)6-12(13)20-15(21)7-24-17(22)9-4-11(19)16-14(5-9)25-8-26-16/h2-6H,7-8H2,1H3,(H,20,21). The van der Waals surface area contributed by atoms with Crippen molar-refractivity contribution in [3.63, 3.8) is 0 Å². The Morgan fingerprint density at radius 1 is 1.19 bits per heavy atom. The summed E-state index contributed by atoms with van der Waals surface area (Å²) in [5.74, 6) is -0.132. The molecule has 0 radical (unpaired) electrons. The van der Waals surface area contributed by atoms with Gasteiger partial charge in [-0.15, -0.1) is 0 Å². The van der Waals surface area contributed by atoms with Crippen molar-refractivity contribution in [3.05, 3.63) is 45.9 Å². The van der Waals surface area contributed by atoms with E-state index >= 15 is 0 Å². The smallest absolute Gasteiger partial charge is 0.338 e. The molecule has 0 spiro atoms. The average molecular weight is 398 g/mol. The predicted molar refractivity (Wildman–Crippen MR) is 94.5 cm³/mol. The van der Waals surface area contributed by atoms with Gasteiger partial charge in [-0.05, 0) is 30.3 Å². The molecule has 26 heavy (non-hydrogen) atoms. The summed E-state index contributed by atoms with van der Waals surface area (Å²) in [5.41, 5.74) is 0.513. The molecule has 1 N–H and O–H groups in total. The molecular weight excluding hydrogens is 385 g/mol. The highest BCUT2D eigenvalue weighted by molar-refractivity contribution is 6.32. The monoisotopic (exact) mass is 397 g/mol. The van der Waals surface area contributed by atoms with Gasteiger partial charge in [0, 0.05) is 5.02 Å². The van der Waals surface area contributed by atoms with Crippen LogP contribution in [0.3, 0.4) is 0 Å². The van der Waals surface area contributed by atoms with Gasteiger partial charge >= 0.3 is 5.97 Å². The number of benzene rings is 2. The second-order valence-electron chi connectivity index (χ2n) is 5.16. The summed E-state index contributed by atoms with van der Waals surface area (Å²) in [6, 6.07) is 7.58. The summed E-state index contributed by atoms with van der Waals surface area (Å²) in [7, 11) is 1.46. The van der Waals surface area contributed by atoms with Gasteiger partial charge in [-0.2, -0.15) is 0 Å². The van der Waals surface area contributed by atoms with Crippen molar-refractivity contribution in [2.45, 2.75) is 0 Å². The van der Waals surface area contributed by atoms with E-state index in [9.17, 15) is 9.59 Å². The van der Waals surface area contributed by atoms with Crippen LogP contribution in [-0.2, 0) is 9.53 Å². The Morgan fingerprint density at radius 3 is 2.77 bits per heavy atom. The minimum Gasteiger partial charge on any atom is -0.495 e. The second kappa shape index (κ2) is 7.72. The number of hydrogen-bond donors (Lipinski definition) is 1. The number of carbonyl (C=O) groups is 2. The predicted octanol–water partition coefficient (Wildman–Crippen LogP) is 3.53. The van der Waals surface area contributed by atoms with Gasteiger partial charge in [-0.25, -0.2) is 4.79 Å². The third-order valence-electron chi connectivity index (χ3n) is 3.43. The number of amides is 1. The van der Waals surface area contributed by atoms with Gasteiger partial charge in [0.25, 0.3) is 5.91 Å². The molecule has 1 amide bonds. The van der Waals surface area contributed by atoms with E-state index in [1.807, 2.05) is 0 Å². The van der Waals surface area contributed by atoms with Crippen LogP contribution in [0.15, 0.2) is 30.3 Å². The van der Waals surface area contributed by atoms with Crippen molar-refractivity contribution in [1.82, 2.24) is 0 Å². The number of rotatable bonds is 5. The number of esters is 1. The van der Waals surface area contributed by atoms with E-state index in [2.05, 4.69) is 5.32 Å². The molecule has 136 valence electrons. The zero-order chi connectivity index (χ0) is 18.7. The van der Waals surface area contributed by atoms with Crippen LogP contribution in [0.2, 0.25) is 10.0 Å². The highest BCUT2D eigenvalue weighted by Gasteiger charge is 2.22. The molecule has 0 unspecified atom stereocenters. The zero-order valence-electron chi connectivity index (χ0n) is 13.5. The minimum absolute atomic E-state index is 0.0252. The lowest BCUT2D eigenvalue weighted by atomic mass is 10.2. The fraction of sp³-hybridized carbons (Fsp3) is 0.176. The number of anilines is 1. The largest absolute Gasteiger partial charge is 0.495 e. The summed E-state index contributed by atoms with van der Waals surface area (Å²) < 4.78 is 20.5. The van der Waals surface area contributed by atoms with Gasteiger partial charge in [-0.1, -0.05) is 23.2 Å². The fourth-order valence-electron chi connectivity index (χ4n) is 2.26. The SMILES string of the molecule is COc1ccc(Cl)cc1NC(=O)COC(=O)c1cc(Cl)c2c(c1)OCO2. The molecule has 0 bridgehead atoms. The Bertz CT molecular complexity index is 871. The summed E-state index contributed by atoms with van der Waals surface area (Å²) in [5, 5.41) is 3.21. The molecule has 2 aromatic rings. The normalized spacial score (nSPS) is 11.8.